The van der Waals surface area contributed by atoms with Gasteiger partial charge in [0.05, 0.1) is 29.4 Å². The topological polar surface area (TPSA) is 147 Å². The van der Waals surface area contributed by atoms with Crippen LogP contribution in [0.2, 0.25) is 18.1 Å². The maximum absolute atomic E-state index is 13.2. The molecule has 312 valence electrons. The van der Waals surface area contributed by atoms with Gasteiger partial charge in [-0.3, -0.25) is 15.0 Å². The van der Waals surface area contributed by atoms with Crippen molar-refractivity contribution >= 4 is 48.1 Å². The van der Waals surface area contributed by atoms with E-state index in [1.807, 2.05) is 77.5 Å². The molecule has 3 aliphatic heterocycles. The zero-order valence-electron chi connectivity index (χ0n) is 35.1. The number of phenols is 1. The number of allylic oxidation sites excluding steroid dienone is 1. The molecule has 0 aliphatic carbocycles. The van der Waals surface area contributed by atoms with Crippen LogP contribution in [0.25, 0.3) is 39.1 Å². The molecule has 60 heavy (non-hydrogen) atoms. The number of nitrogens with zero attached hydrogens (tertiary/aromatic N) is 4. The Morgan fingerprint density at radius 2 is 1.82 bits per heavy atom. The first-order valence-corrected chi connectivity index (χ1v) is 23.8. The zero-order valence-corrected chi connectivity index (χ0v) is 36.1. The van der Waals surface area contributed by atoms with E-state index in [-0.39, 0.29) is 28.6 Å². The molecule has 2 aromatic heterocycles. The number of H-pyrrole nitrogens is 1. The Kier molecular flexibility index (Phi) is 11.8. The first-order valence-electron chi connectivity index (χ1n) is 20.9. The number of ether oxygens (including phenoxy) is 1. The number of carbonyl (C=O) groups excluding carboxylic acids is 1. The molecule has 0 unspecified atom stereocenters. The Balaban J connectivity index is 0.940. The van der Waals surface area contributed by atoms with Crippen LogP contribution in [-0.2, 0) is 22.3 Å². The van der Waals surface area contributed by atoms with Crippen LogP contribution in [0.3, 0.4) is 0 Å². The quantitative estimate of drug-likeness (QED) is 0.0839. The highest BCUT2D eigenvalue weighted by molar-refractivity contribution is 6.74. The van der Waals surface area contributed by atoms with Gasteiger partial charge in [-0.05, 0) is 103 Å². The summed E-state index contributed by atoms with van der Waals surface area (Å²) < 4.78 is 14.8. The van der Waals surface area contributed by atoms with Crippen molar-refractivity contribution in [3.8, 4) is 16.9 Å². The van der Waals surface area contributed by atoms with E-state index in [4.69, 9.17) is 9.16 Å². The SMILES string of the molecule is CC(C)(C)[Si](C)(C)O[C@@H](CNCc1ccc2c(c1)nnn2C/C=C/c1ccc(-c2ccccc2)c(NC(=O)O[C@H]2CN3CCC2CC3)c1)c1ccc(O)c2[nH]c(=O)ccc12. The minimum atomic E-state index is -2.22. The number of hydrogen-bond donors (Lipinski definition) is 4. The number of aromatic hydroxyl groups is 1. The number of phenolic OH excluding ortho intramolecular Hbond substituents is 1. The Bertz CT molecular complexity index is 2570. The van der Waals surface area contributed by atoms with Crippen molar-refractivity contribution in [2.45, 2.75) is 77.0 Å². The molecule has 3 fully saturated rings. The number of nitrogens with one attached hydrogen (secondary N) is 3. The summed E-state index contributed by atoms with van der Waals surface area (Å²) in [4.78, 5) is 30.6. The van der Waals surface area contributed by atoms with E-state index in [0.29, 0.717) is 36.8 Å². The van der Waals surface area contributed by atoms with E-state index in [1.165, 1.54) is 6.07 Å². The molecule has 0 spiro atoms. The standard InChI is InChI=1S/C47H55N7O5Si/c1-47(2,3)60(4,5)59-42(36-16-19-41(55)45-37(36)17-20-44(56)50-45)29-48-28-32-14-18-40-39(27-32)51-52-54(40)23-9-10-31-13-15-35(33-11-7-6-8-12-33)38(26-31)49-46(57)58-43-30-53-24-21-34(43)22-25-53/h6-20,26-27,34,42-43,48,55H,21-25,28-30H2,1-5H3,(H,49,57)(H,50,56)/b10-9+/t42-,43-/m0/s1. The smallest absolute Gasteiger partial charge is 0.411 e. The number of pyridine rings is 1. The van der Waals surface area contributed by atoms with Crippen molar-refractivity contribution in [3.05, 3.63) is 124 Å². The van der Waals surface area contributed by atoms with Gasteiger partial charge in [0.1, 0.15) is 17.4 Å². The van der Waals surface area contributed by atoms with Gasteiger partial charge >= 0.3 is 6.09 Å². The summed E-state index contributed by atoms with van der Waals surface area (Å²) in [5.41, 5.74) is 7.40. The van der Waals surface area contributed by atoms with Crippen LogP contribution in [0.4, 0.5) is 10.5 Å². The number of amides is 1. The molecule has 0 radical (unpaired) electrons. The van der Waals surface area contributed by atoms with E-state index in [1.54, 1.807) is 12.1 Å². The van der Waals surface area contributed by atoms with Crippen LogP contribution in [-0.4, -0.2) is 76.7 Å². The lowest BCUT2D eigenvalue weighted by Crippen LogP contribution is -2.52. The fraction of sp³-hybridized carbons (Fsp3) is 0.362. The summed E-state index contributed by atoms with van der Waals surface area (Å²) in [6.45, 7) is 15.7. The third-order valence-corrected chi connectivity index (χ3v) is 17.0. The van der Waals surface area contributed by atoms with Crippen LogP contribution in [0.1, 0.15) is 56.4 Å². The van der Waals surface area contributed by atoms with Gasteiger partial charge in [-0.1, -0.05) is 92.7 Å². The van der Waals surface area contributed by atoms with Gasteiger partial charge in [0.15, 0.2) is 8.32 Å². The minimum absolute atomic E-state index is 0.0201. The fourth-order valence-electron chi connectivity index (χ4n) is 8.15. The van der Waals surface area contributed by atoms with Gasteiger partial charge in [0.2, 0.25) is 5.56 Å². The van der Waals surface area contributed by atoms with Crippen molar-refractivity contribution in [1.29, 1.82) is 0 Å². The Labute approximate surface area is 351 Å². The molecule has 5 heterocycles. The zero-order chi connectivity index (χ0) is 42.0. The van der Waals surface area contributed by atoms with Gasteiger partial charge in [-0.2, -0.15) is 0 Å². The summed E-state index contributed by atoms with van der Waals surface area (Å²) in [7, 11) is -2.22. The fourth-order valence-corrected chi connectivity index (χ4v) is 9.42. The molecule has 0 saturated carbocycles. The second kappa shape index (κ2) is 17.2. The molecule has 13 heteroatoms. The van der Waals surface area contributed by atoms with Crippen LogP contribution in [0, 0.1) is 5.92 Å². The van der Waals surface area contributed by atoms with Crippen molar-refractivity contribution in [2.75, 3.05) is 31.5 Å². The second-order valence-electron chi connectivity index (χ2n) is 17.7. The number of rotatable bonds is 13. The Hall–Kier alpha value is -5.60. The number of benzene rings is 4. The van der Waals surface area contributed by atoms with Crippen LogP contribution in [0.5, 0.6) is 5.75 Å². The van der Waals surface area contributed by atoms with Crippen molar-refractivity contribution in [3.63, 3.8) is 0 Å². The second-order valence-corrected chi connectivity index (χ2v) is 22.4. The average molecular weight is 826 g/mol. The summed E-state index contributed by atoms with van der Waals surface area (Å²) >= 11 is 0. The van der Waals surface area contributed by atoms with E-state index in [0.717, 1.165) is 76.7 Å². The maximum atomic E-state index is 13.2. The molecule has 3 saturated heterocycles. The maximum Gasteiger partial charge on any atom is 0.411 e. The molecule has 9 rings (SSSR count). The van der Waals surface area contributed by atoms with Crippen molar-refractivity contribution < 1.29 is 19.1 Å². The number of aromatic amines is 1. The molecule has 2 atom stereocenters. The summed E-state index contributed by atoms with van der Waals surface area (Å²) in [5.74, 6) is 0.458. The highest BCUT2D eigenvalue weighted by Gasteiger charge is 2.40. The van der Waals surface area contributed by atoms with Gasteiger partial charge in [-0.25, -0.2) is 9.48 Å². The summed E-state index contributed by atoms with van der Waals surface area (Å²) in [5, 5.41) is 26.9. The van der Waals surface area contributed by atoms with Crippen LogP contribution in [0.15, 0.2) is 102 Å². The first-order chi connectivity index (χ1) is 28.8. The molecular formula is C47H55N7O5Si. The predicted molar refractivity (Wildman–Crippen MR) is 240 cm³/mol. The summed E-state index contributed by atoms with van der Waals surface area (Å²) in [6, 6.07) is 29.1. The number of hydrogen-bond acceptors (Lipinski definition) is 9. The Morgan fingerprint density at radius 3 is 2.57 bits per heavy atom. The number of fused-ring (bicyclic) bond motifs is 5. The number of piperidine rings is 3. The largest absolute Gasteiger partial charge is 0.506 e. The minimum Gasteiger partial charge on any atom is -0.506 e. The monoisotopic (exact) mass is 825 g/mol. The third-order valence-electron chi connectivity index (χ3n) is 12.5. The normalized spacial score (nSPS) is 18.6. The molecular weight excluding hydrogens is 771 g/mol. The Morgan fingerprint density at radius 1 is 1.02 bits per heavy atom. The van der Waals surface area contributed by atoms with E-state index >= 15 is 0 Å². The van der Waals surface area contributed by atoms with Crippen molar-refractivity contribution in [1.82, 2.24) is 30.2 Å². The lowest BCUT2D eigenvalue weighted by atomic mass is 9.86. The highest BCUT2D eigenvalue weighted by Crippen LogP contribution is 2.41. The lowest BCUT2D eigenvalue weighted by Gasteiger charge is -2.43. The molecule has 3 aliphatic rings. The average Bonchev–Trinajstić information content (AvgIpc) is 3.63. The lowest BCUT2D eigenvalue weighted by molar-refractivity contribution is -0.0289. The summed E-state index contributed by atoms with van der Waals surface area (Å²) in [6.07, 6.45) is 5.42. The molecule has 2 bridgehead atoms. The molecule has 4 N–H and O–H groups in total. The molecule has 6 aromatic rings. The highest BCUT2D eigenvalue weighted by atomic mass is 28.4. The van der Waals surface area contributed by atoms with Crippen molar-refractivity contribution in [2.24, 2.45) is 5.92 Å². The molecule has 1 amide bonds. The van der Waals surface area contributed by atoms with Gasteiger partial charge in [0, 0.05) is 36.7 Å². The first kappa shape index (κ1) is 41.1. The van der Waals surface area contributed by atoms with E-state index in [9.17, 15) is 14.7 Å². The molecule has 12 nitrogen and oxygen atoms in total. The molecule has 4 aromatic carbocycles. The third kappa shape index (κ3) is 9.09. The van der Waals surface area contributed by atoms with Crippen LogP contribution < -0.4 is 16.2 Å². The predicted octanol–water partition coefficient (Wildman–Crippen LogP) is 8.85. The number of anilines is 1. The van der Waals surface area contributed by atoms with E-state index < -0.39 is 14.4 Å². The van der Waals surface area contributed by atoms with Gasteiger partial charge < -0.3 is 24.6 Å². The number of carbonyl (C=O) groups is 1. The van der Waals surface area contributed by atoms with E-state index in [2.05, 4.69) is 76.8 Å². The van der Waals surface area contributed by atoms with Gasteiger partial charge in [-0.15, -0.1) is 5.10 Å². The van der Waals surface area contributed by atoms with Gasteiger partial charge in [0.25, 0.3) is 0 Å². The van der Waals surface area contributed by atoms with Crippen LogP contribution >= 0.6 is 0 Å². The number of aromatic nitrogens is 4.